The predicted molar refractivity (Wildman–Crippen MR) is 68.0 cm³/mol. The van der Waals surface area contributed by atoms with Gasteiger partial charge in [0.05, 0.1) is 0 Å². The van der Waals surface area contributed by atoms with Crippen LogP contribution in [0, 0.1) is 11.7 Å². The van der Waals surface area contributed by atoms with Crippen LogP contribution < -0.4 is 10.6 Å². The number of fused-ring (bicyclic) bond motifs is 1. The first-order chi connectivity index (χ1) is 8.74. The Morgan fingerprint density at radius 2 is 2.00 bits per heavy atom. The van der Waals surface area contributed by atoms with Crippen LogP contribution in [0.3, 0.4) is 0 Å². The van der Waals surface area contributed by atoms with E-state index in [-0.39, 0.29) is 17.6 Å². The Kier molecular flexibility index (Phi) is 3.04. The maximum atomic E-state index is 13.2. The maximum absolute atomic E-state index is 13.2. The molecule has 1 unspecified atom stereocenters. The molecule has 3 rings (SSSR count). The van der Waals surface area contributed by atoms with Crippen LogP contribution in [-0.4, -0.2) is 19.0 Å². The van der Waals surface area contributed by atoms with Crippen molar-refractivity contribution in [3.05, 3.63) is 29.6 Å². The fourth-order valence-corrected chi connectivity index (χ4v) is 3.14. The lowest BCUT2D eigenvalue weighted by atomic mass is 9.76. The molecule has 0 aliphatic carbocycles. The monoisotopic (exact) mass is 248 g/mol. The van der Waals surface area contributed by atoms with Gasteiger partial charge in [-0.25, -0.2) is 4.39 Å². The SMILES string of the molecule is O=C1CC(C2CCNCC2)c2ccc(F)cc2N1. The fourth-order valence-electron chi connectivity index (χ4n) is 3.14. The van der Waals surface area contributed by atoms with E-state index >= 15 is 0 Å². The van der Waals surface area contributed by atoms with Crippen molar-refractivity contribution in [2.75, 3.05) is 18.4 Å². The molecule has 1 saturated heterocycles. The van der Waals surface area contributed by atoms with Crippen LogP contribution in [-0.2, 0) is 4.79 Å². The average molecular weight is 248 g/mol. The van der Waals surface area contributed by atoms with Gasteiger partial charge in [-0.05, 0) is 55.5 Å². The average Bonchev–Trinajstić information content (AvgIpc) is 2.38. The van der Waals surface area contributed by atoms with Gasteiger partial charge in [0.1, 0.15) is 5.82 Å². The normalized spacial score (nSPS) is 24.5. The van der Waals surface area contributed by atoms with Crippen molar-refractivity contribution in [2.45, 2.75) is 25.2 Å². The molecule has 2 aliphatic rings. The highest BCUT2D eigenvalue weighted by molar-refractivity contribution is 5.94. The quantitative estimate of drug-likeness (QED) is 0.800. The molecule has 2 aliphatic heterocycles. The minimum Gasteiger partial charge on any atom is -0.326 e. The molecule has 2 heterocycles. The lowest BCUT2D eigenvalue weighted by molar-refractivity contribution is -0.117. The van der Waals surface area contributed by atoms with Gasteiger partial charge in [-0.3, -0.25) is 4.79 Å². The van der Waals surface area contributed by atoms with Crippen molar-refractivity contribution in [1.29, 1.82) is 0 Å². The molecule has 4 heteroatoms. The molecule has 1 aromatic carbocycles. The van der Waals surface area contributed by atoms with Gasteiger partial charge in [0.15, 0.2) is 0 Å². The third kappa shape index (κ3) is 2.12. The van der Waals surface area contributed by atoms with Crippen molar-refractivity contribution < 1.29 is 9.18 Å². The van der Waals surface area contributed by atoms with Gasteiger partial charge in [0.2, 0.25) is 5.91 Å². The number of anilines is 1. The van der Waals surface area contributed by atoms with E-state index < -0.39 is 0 Å². The van der Waals surface area contributed by atoms with Crippen LogP contribution in [0.5, 0.6) is 0 Å². The molecule has 1 atom stereocenters. The Balaban J connectivity index is 1.93. The summed E-state index contributed by atoms with van der Waals surface area (Å²) in [5.74, 6) is 0.495. The molecule has 0 spiro atoms. The van der Waals surface area contributed by atoms with Crippen LogP contribution in [0.25, 0.3) is 0 Å². The van der Waals surface area contributed by atoms with Gasteiger partial charge in [0.25, 0.3) is 0 Å². The van der Waals surface area contributed by atoms with E-state index in [1.807, 2.05) is 6.07 Å². The van der Waals surface area contributed by atoms with Crippen molar-refractivity contribution >= 4 is 11.6 Å². The number of piperidine rings is 1. The Morgan fingerprint density at radius 3 is 2.78 bits per heavy atom. The van der Waals surface area contributed by atoms with Gasteiger partial charge in [-0.2, -0.15) is 0 Å². The van der Waals surface area contributed by atoms with Crippen molar-refractivity contribution in [1.82, 2.24) is 5.32 Å². The van der Waals surface area contributed by atoms with Crippen molar-refractivity contribution in [2.24, 2.45) is 5.92 Å². The molecule has 0 saturated carbocycles. The Labute approximate surface area is 106 Å². The second-order valence-corrected chi connectivity index (χ2v) is 5.18. The maximum Gasteiger partial charge on any atom is 0.225 e. The number of amides is 1. The molecular formula is C14H17FN2O. The lowest BCUT2D eigenvalue weighted by Gasteiger charge is -2.34. The largest absolute Gasteiger partial charge is 0.326 e. The fraction of sp³-hybridized carbons (Fsp3) is 0.500. The molecule has 1 aromatic rings. The number of carbonyl (C=O) groups excluding carboxylic acids is 1. The summed E-state index contributed by atoms with van der Waals surface area (Å²) >= 11 is 0. The molecule has 1 amide bonds. The van der Waals surface area contributed by atoms with E-state index in [1.165, 1.54) is 12.1 Å². The number of carbonyl (C=O) groups is 1. The zero-order valence-corrected chi connectivity index (χ0v) is 10.2. The second-order valence-electron chi connectivity index (χ2n) is 5.18. The molecule has 0 radical (unpaired) electrons. The lowest BCUT2D eigenvalue weighted by Crippen LogP contribution is -2.34. The third-order valence-corrected chi connectivity index (χ3v) is 4.05. The molecule has 2 N–H and O–H groups in total. The number of rotatable bonds is 1. The summed E-state index contributed by atoms with van der Waals surface area (Å²) in [6.07, 6.45) is 2.72. The summed E-state index contributed by atoms with van der Waals surface area (Å²) in [4.78, 5) is 11.7. The zero-order chi connectivity index (χ0) is 12.5. The minimum absolute atomic E-state index is 0.0108. The number of hydrogen-bond acceptors (Lipinski definition) is 2. The second kappa shape index (κ2) is 4.69. The molecule has 18 heavy (non-hydrogen) atoms. The topological polar surface area (TPSA) is 41.1 Å². The Hall–Kier alpha value is -1.42. The molecule has 0 bridgehead atoms. The molecular weight excluding hydrogens is 231 g/mol. The van der Waals surface area contributed by atoms with E-state index in [0.29, 0.717) is 18.0 Å². The van der Waals surface area contributed by atoms with E-state index in [0.717, 1.165) is 31.5 Å². The number of nitrogens with one attached hydrogen (secondary N) is 2. The first kappa shape index (κ1) is 11.7. The highest BCUT2D eigenvalue weighted by Crippen LogP contribution is 2.40. The number of halogens is 1. The predicted octanol–water partition coefficient (Wildman–Crippen LogP) is 2.25. The summed E-state index contributed by atoms with van der Waals surface area (Å²) in [7, 11) is 0. The Bertz CT molecular complexity index is 469. The van der Waals surface area contributed by atoms with Crippen LogP contribution in [0.15, 0.2) is 18.2 Å². The summed E-state index contributed by atoms with van der Waals surface area (Å²) in [5.41, 5.74) is 1.76. The van der Waals surface area contributed by atoms with Gasteiger partial charge in [-0.1, -0.05) is 6.07 Å². The Morgan fingerprint density at radius 1 is 1.22 bits per heavy atom. The molecule has 96 valence electrons. The van der Waals surface area contributed by atoms with E-state index in [2.05, 4.69) is 10.6 Å². The minimum atomic E-state index is -0.292. The van der Waals surface area contributed by atoms with Gasteiger partial charge in [0, 0.05) is 12.1 Å². The molecule has 0 aromatic heterocycles. The molecule has 1 fully saturated rings. The van der Waals surface area contributed by atoms with E-state index in [1.54, 1.807) is 0 Å². The van der Waals surface area contributed by atoms with Crippen molar-refractivity contribution in [3.63, 3.8) is 0 Å². The number of hydrogen-bond donors (Lipinski definition) is 2. The summed E-state index contributed by atoms with van der Waals surface area (Å²) in [6.45, 7) is 2.03. The summed E-state index contributed by atoms with van der Waals surface area (Å²) < 4.78 is 13.2. The zero-order valence-electron chi connectivity index (χ0n) is 10.2. The van der Waals surface area contributed by atoms with Crippen LogP contribution in [0.1, 0.15) is 30.7 Å². The van der Waals surface area contributed by atoms with E-state index in [9.17, 15) is 9.18 Å². The highest BCUT2D eigenvalue weighted by Gasteiger charge is 2.32. The highest BCUT2D eigenvalue weighted by atomic mass is 19.1. The number of benzene rings is 1. The van der Waals surface area contributed by atoms with Gasteiger partial charge >= 0.3 is 0 Å². The van der Waals surface area contributed by atoms with Crippen LogP contribution >= 0.6 is 0 Å². The first-order valence-corrected chi connectivity index (χ1v) is 6.54. The van der Waals surface area contributed by atoms with Crippen LogP contribution in [0.2, 0.25) is 0 Å². The third-order valence-electron chi connectivity index (χ3n) is 4.05. The summed E-state index contributed by atoms with van der Waals surface area (Å²) in [5, 5.41) is 6.11. The molecule has 3 nitrogen and oxygen atoms in total. The van der Waals surface area contributed by atoms with Crippen molar-refractivity contribution in [3.8, 4) is 0 Å². The standard InChI is InChI=1S/C14H17FN2O/c15-10-1-2-11-12(9-3-5-16-6-4-9)8-14(18)17-13(11)7-10/h1-2,7,9,12,16H,3-6,8H2,(H,17,18). The smallest absolute Gasteiger partial charge is 0.225 e. The van der Waals surface area contributed by atoms with E-state index in [4.69, 9.17) is 0 Å². The first-order valence-electron chi connectivity index (χ1n) is 6.54. The van der Waals surface area contributed by atoms with Gasteiger partial charge < -0.3 is 10.6 Å². The van der Waals surface area contributed by atoms with Crippen LogP contribution in [0.4, 0.5) is 10.1 Å². The van der Waals surface area contributed by atoms with Gasteiger partial charge in [-0.15, -0.1) is 0 Å². The summed E-state index contributed by atoms with van der Waals surface area (Å²) in [6, 6.07) is 4.75.